The summed E-state index contributed by atoms with van der Waals surface area (Å²) in [5, 5.41) is 9.18. The Morgan fingerprint density at radius 3 is 1.47 bits per heavy atom. The molecule has 55 heavy (non-hydrogen) atoms. The lowest BCUT2D eigenvalue weighted by molar-refractivity contribution is 1.24. The van der Waals surface area contributed by atoms with Crippen LogP contribution in [-0.4, -0.2) is 19.9 Å². The van der Waals surface area contributed by atoms with Crippen molar-refractivity contribution in [3.8, 4) is 32.3 Å². The maximum absolute atomic E-state index is 5.03. The third-order valence-electron chi connectivity index (χ3n) is 10.2. The molecule has 0 saturated carbocycles. The van der Waals surface area contributed by atoms with Crippen molar-refractivity contribution in [2.24, 2.45) is 0 Å². The van der Waals surface area contributed by atoms with Crippen molar-refractivity contribution in [2.75, 3.05) is 4.90 Å². The van der Waals surface area contributed by atoms with Gasteiger partial charge in [-0.3, -0.25) is 0 Å². The number of anilines is 3. The van der Waals surface area contributed by atoms with Crippen LogP contribution in [0.25, 0.3) is 85.3 Å². The lowest BCUT2D eigenvalue weighted by atomic mass is 9.96. The molecule has 0 spiro atoms. The van der Waals surface area contributed by atoms with E-state index in [-0.39, 0.29) is 0 Å². The molecule has 0 unspecified atom stereocenters. The van der Waals surface area contributed by atoms with Crippen molar-refractivity contribution in [2.45, 2.75) is 0 Å². The first-order chi connectivity index (χ1) is 27.2. The van der Waals surface area contributed by atoms with Crippen LogP contribution in [0.2, 0.25) is 0 Å². The van der Waals surface area contributed by atoms with Gasteiger partial charge in [0.05, 0.1) is 23.8 Å². The van der Waals surface area contributed by atoms with E-state index in [4.69, 9.17) is 19.9 Å². The Morgan fingerprint density at radius 1 is 0.364 bits per heavy atom. The molecule has 0 N–H and O–H groups in total. The Kier molecular flexibility index (Phi) is 7.46. The fraction of sp³-hybridized carbons (Fsp3) is 0. The lowest BCUT2D eigenvalue weighted by Crippen LogP contribution is -2.10. The number of thiazole rings is 2. The number of hydrogen-bond donors (Lipinski definition) is 0. The fourth-order valence-corrected chi connectivity index (χ4v) is 9.26. The number of benzene rings is 7. The van der Waals surface area contributed by atoms with Crippen LogP contribution in [-0.2, 0) is 0 Å². The maximum atomic E-state index is 5.03. The number of rotatable bonds is 6. The molecule has 11 rings (SSSR count). The zero-order valence-corrected chi connectivity index (χ0v) is 30.9. The first kappa shape index (κ1) is 31.7. The van der Waals surface area contributed by atoms with E-state index in [9.17, 15) is 0 Å². The maximum Gasteiger partial charge on any atom is 0.143 e. The molecular formula is C48H29N5S2. The molecule has 258 valence electrons. The minimum atomic E-state index is 0.856. The van der Waals surface area contributed by atoms with Crippen LogP contribution in [0.3, 0.4) is 0 Å². The van der Waals surface area contributed by atoms with Gasteiger partial charge in [-0.2, -0.15) is 0 Å². The van der Waals surface area contributed by atoms with Gasteiger partial charge in [0.1, 0.15) is 30.7 Å². The Labute approximate surface area is 324 Å². The molecule has 0 saturated heterocycles. The monoisotopic (exact) mass is 739 g/mol. The van der Waals surface area contributed by atoms with Crippen LogP contribution >= 0.6 is 22.7 Å². The largest absolute Gasteiger partial charge is 0.307 e. The number of aromatic nitrogens is 4. The first-order valence-electron chi connectivity index (χ1n) is 18.1. The van der Waals surface area contributed by atoms with E-state index in [1.807, 2.05) is 48.8 Å². The Morgan fingerprint density at radius 2 is 0.855 bits per heavy atom. The minimum Gasteiger partial charge on any atom is -0.307 e. The molecule has 0 atom stereocenters. The van der Waals surface area contributed by atoms with Gasteiger partial charge in [0, 0.05) is 16.8 Å². The predicted molar refractivity (Wildman–Crippen MR) is 232 cm³/mol. The molecule has 5 nitrogen and oxygen atoms in total. The molecule has 0 aliphatic carbocycles. The van der Waals surface area contributed by atoms with Crippen molar-refractivity contribution < 1.29 is 0 Å². The summed E-state index contributed by atoms with van der Waals surface area (Å²) in [6, 6.07) is 58.0. The molecule has 4 heterocycles. The summed E-state index contributed by atoms with van der Waals surface area (Å²) in [6.07, 6.45) is 3.88. The van der Waals surface area contributed by atoms with Crippen LogP contribution < -0.4 is 4.90 Å². The standard InChI is InChI=1S/C48H29N5S2/c1-3-10-31(11-4-1)45-51-43-26-39(28-49-47(43)54-45)53(40-27-44-48(50-29-40)55-46(52-44)32-12-5-2-6-13-32)38-20-22-42-37(25-38)18-17-36-24-35(19-21-41(36)42)34-16-15-30-9-7-8-14-33(30)23-34/h1-29H. The molecule has 11 aromatic rings. The van der Waals surface area contributed by atoms with Crippen molar-refractivity contribution in [1.29, 1.82) is 0 Å². The van der Waals surface area contributed by atoms with Gasteiger partial charge >= 0.3 is 0 Å². The molecule has 0 radical (unpaired) electrons. The third-order valence-corrected chi connectivity index (χ3v) is 12.2. The molecule has 4 aromatic heterocycles. The summed E-state index contributed by atoms with van der Waals surface area (Å²) in [6.45, 7) is 0. The highest BCUT2D eigenvalue weighted by atomic mass is 32.1. The molecule has 0 fully saturated rings. The summed E-state index contributed by atoms with van der Waals surface area (Å²) in [5.41, 5.74) is 9.11. The van der Waals surface area contributed by atoms with Gasteiger partial charge in [-0.05, 0) is 79.8 Å². The van der Waals surface area contributed by atoms with E-state index in [0.717, 1.165) is 64.3 Å². The zero-order valence-electron chi connectivity index (χ0n) is 29.3. The molecule has 0 bridgehead atoms. The van der Waals surface area contributed by atoms with Crippen LogP contribution in [0.5, 0.6) is 0 Å². The van der Waals surface area contributed by atoms with Gasteiger partial charge in [0.2, 0.25) is 0 Å². The van der Waals surface area contributed by atoms with Gasteiger partial charge in [-0.25, -0.2) is 19.9 Å². The smallest absolute Gasteiger partial charge is 0.143 e. The Bertz CT molecular complexity index is 3110. The van der Waals surface area contributed by atoms with Crippen LogP contribution in [0.4, 0.5) is 17.1 Å². The molecule has 7 heteroatoms. The average molecular weight is 740 g/mol. The van der Waals surface area contributed by atoms with Gasteiger partial charge in [0.15, 0.2) is 0 Å². The van der Waals surface area contributed by atoms with E-state index >= 15 is 0 Å². The van der Waals surface area contributed by atoms with Crippen LogP contribution in [0.1, 0.15) is 0 Å². The highest BCUT2D eigenvalue weighted by Crippen LogP contribution is 2.41. The van der Waals surface area contributed by atoms with Gasteiger partial charge < -0.3 is 4.90 Å². The summed E-state index contributed by atoms with van der Waals surface area (Å²) in [5.74, 6) is 0. The van der Waals surface area contributed by atoms with Crippen LogP contribution in [0.15, 0.2) is 176 Å². The Hall–Kier alpha value is -6.80. The summed E-state index contributed by atoms with van der Waals surface area (Å²) < 4.78 is 0. The van der Waals surface area contributed by atoms with E-state index in [0.29, 0.717) is 0 Å². The van der Waals surface area contributed by atoms with Gasteiger partial charge in [0.25, 0.3) is 0 Å². The second kappa shape index (κ2) is 13.0. The van der Waals surface area contributed by atoms with Crippen molar-refractivity contribution >= 4 is 92.7 Å². The molecule has 0 amide bonds. The van der Waals surface area contributed by atoms with E-state index in [2.05, 4.69) is 132 Å². The number of fused-ring (bicyclic) bond motifs is 6. The predicted octanol–water partition coefficient (Wildman–Crippen LogP) is 13.6. The van der Waals surface area contributed by atoms with Crippen molar-refractivity contribution in [3.63, 3.8) is 0 Å². The summed E-state index contributed by atoms with van der Waals surface area (Å²) in [4.78, 5) is 24.0. The average Bonchev–Trinajstić information content (AvgIpc) is 3.88. The second-order valence-electron chi connectivity index (χ2n) is 13.6. The number of nitrogens with zero attached hydrogens (tertiary/aromatic N) is 5. The summed E-state index contributed by atoms with van der Waals surface area (Å²) >= 11 is 3.21. The SMILES string of the molecule is c1ccc(-c2nc3cc(N(c4ccc5c(ccc6cc(-c7ccc8ccccc8c7)ccc65)c4)c4cnc5sc(-c6ccccc6)nc5c4)cnc3s2)cc1. The lowest BCUT2D eigenvalue weighted by Gasteiger charge is -2.25. The van der Waals surface area contributed by atoms with Gasteiger partial charge in [-0.1, -0.05) is 150 Å². The van der Waals surface area contributed by atoms with Crippen LogP contribution in [0, 0.1) is 0 Å². The molecule has 0 aliphatic rings. The number of pyridine rings is 2. The highest BCUT2D eigenvalue weighted by molar-refractivity contribution is 7.21. The third kappa shape index (κ3) is 5.69. The quantitative estimate of drug-likeness (QED) is 0.159. The topological polar surface area (TPSA) is 54.8 Å². The van der Waals surface area contributed by atoms with E-state index in [1.165, 1.54) is 38.1 Å². The van der Waals surface area contributed by atoms with Gasteiger partial charge in [-0.15, -0.1) is 0 Å². The minimum absolute atomic E-state index is 0.856. The molecular weight excluding hydrogens is 711 g/mol. The van der Waals surface area contributed by atoms with Crippen molar-refractivity contribution in [3.05, 3.63) is 176 Å². The second-order valence-corrected chi connectivity index (χ2v) is 15.6. The highest BCUT2D eigenvalue weighted by Gasteiger charge is 2.19. The van der Waals surface area contributed by atoms with E-state index < -0.39 is 0 Å². The van der Waals surface area contributed by atoms with E-state index in [1.54, 1.807) is 22.7 Å². The summed E-state index contributed by atoms with van der Waals surface area (Å²) in [7, 11) is 0. The fourth-order valence-electron chi connectivity index (χ4n) is 7.47. The normalized spacial score (nSPS) is 11.6. The first-order valence-corrected chi connectivity index (χ1v) is 19.7. The zero-order chi connectivity index (χ0) is 36.3. The molecule has 7 aromatic carbocycles. The number of hydrogen-bond acceptors (Lipinski definition) is 7. The van der Waals surface area contributed by atoms with Crippen molar-refractivity contribution in [1.82, 2.24) is 19.9 Å². The Balaban J connectivity index is 1.03. The molecule has 0 aliphatic heterocycles.